The third-order valence-corrected chi connectivity index (χ3v) is 5.32. The van der Waals surface area contributed by atoms with Crippen molar-refractivity contribution in [3.8, 4) is 0 Å². The molecule has 0 radical (unpaired) electrons. The number of hydrogen-bond acceptors (Lipinski definition) is 3. The van der Waals surface area contributed by atoms with E-state index in [1.165, 1.54) is 32.1 Å². The molecule has 2 aliphatic rings. The minimum Gasteiger partial charge on any atom is -0.346 e. The maximum atomic E-state index is 12.7. The van der Waals surface area contributed by atoms with Crippen LogP contribution in [0.2, 0.25) is 0 Å². The van der Waals surface area contributed by atoms with Gasteiger partial charge in [-0.2, -0.15) is 0 Å². The maximum absolute atomic E-state index is 12.7. The summed E-state index contributed by atoms with van der Waals surface area (Å²) in [6, 6.07) is 6.52. The Kier molecular flexibility index (Phi) is 4.04. The Balaban J connectivity index is 1.40. The number of nitrogens with zero attached hydrogens (tertiary/aromatic N) is 3. The van der Waals surface area contributed by atoms with E-state index in [9.17, 15) is 4.79 Å². The summed E-state index contributed by atoms with van der Waals surface area (Å²) in [6.45, 7) is 3.64. The van der Waals surface area contributed by atoms with Gasteiger partial charge in [-0.15, -0.1) is 0 Å². The molecule has 2 fully saturated rings. The van der Waals surface area contributed by atoms with E-state index in [0.717, 1.165) is 43.3 Å². The van der Waals surface area contributed by atoms with Gasteiger partial charge in [0.25, 0.3) is 5.91 Å². The molecule has 0 unspecified atom stereocenters. The van der Waals surface area contributed by atoms with Crippen LogP contribution >= 0.6 is 0 Å². The molecule has 2 aromatic rings. The van der Waals surface area contributed by atoms with Crippen LogP contribution in [0, 0.1) is 0 Å². The molecule has 1 saturated heterocycles. The Hall–Kier alpha value is -1.88. The van der Waals surface area contributed by atoms with Crippen LogP contribution < -0.4 is 0 Å². The van der Waals surface area contributed by atoms with E-state index < -0.39 is 0 Å². The molecule has 0 bridgehead atoms. The van der Waals surface area contributed by atoms with Crippen molar-refractivity contribution in [3.63, 3.8) is 0 Å². The maximum Gasteiger partial charge on any atom is 0.272 e. The highest BCUT2D eigenvalue weighted by atomic mass is 16.2. The van der Waals surface area contributed by atoms with Crippen LogP contribution in [0.4, 0.5) is 0 Å². The highest BCUT2D eigenvalue weighted by molar-refractivity contribution is 5.94. The van der Waals surface area contributed by atoms with Gasteiger partial charge in [-0.05, 0) is 31.0 Å². The lowest BCUT2D eigenvalue weighted by Gasteiger charge is -2.40. The standard InChI is InChI=1S/C18H24N4O/c23-18(16-7-6-14-8-9-19-17(14)20-16)22-12-10-21(11-13-22)15-4-2-1-3-5-15/h6-9,15H,1-5,10-13H2,(H,19,20). The molecular weight excluding hydrogens is 288 g/mol. The van der Waals surface area contributed by atoms with Crippen molar-refractivity contribution in [2.45, 2.75) is 38.1 Å². The van der Waals surface area contributed by atoms with Crippen LogP contribution in [-0.2, 0) is 0 Å². The third-order valence-electron chi connectivity index (χ3n) is 5.32. The van der Waals surface area contributed by atoms with Crippen LogP contribution in [0.5, 0.6) is 0 Å². The first-order valence-corrected chi connectivity index (χ1v) is 8.79. The number of carbonyl (C=O) groups is 1. The average Bonchev–Trinajstić information content (AvgIpc) is 3.10. The summed E-state index contributed by atoms with van der Waals surface area (Å²) in [4.78, 5) is 24.8. The predicted octanol–water partition coefficient (Wildman–Crippen LogP) is 2.65. The van der Waals surface area contributed by atoms with Gasteiger partial charge in [-0.1, -0.05) is 19.3 Å². The second kappa shape index (κ2) is 6.32. The molecule has 0 spiro atoms. The molecule has 5 heteroatoms. The highest BCUT2D eigenvalue weighted by Crippen LogP contribution is 2.23. The number of carbonyl (C=O) groups excluding carboxylic acids is 1. The van der Waals surface area contributed by atoms with E-state index in [0.29, 0.717) is 5.69 Å². The topological polar surface area (TPSA) is 52.2 Å². The molecule has 23 heavy (non-hydrogen) atoms. The number of pyridine rings is 1. The molecule has 0 atom stereocenters. The van der Waals surface area contributed by atoms with Crippen LogP contribution in [0.1, 0.15) is 42.6 Å². The van der Waals surface area contributed by atoms with Crippen molar-refractivity contribution in [1.29, 1.82) is 0 Å². The van der Waals surface area contributed by atoms with E-state index in [1.807, 2.05) is 29.3 Å². The summed E-state index contributed by atoms with van der Waals surface area (Å²) in [6.07, 6.45) is 8.64. The summed E-state index contributed by atoms with van der Waals surface area (Å²) >= 11 is 0. The monoisotopic (exact) mass is 312 g/mol. The van der Waals surface area contributed by atoms with Gasteiger partial charge in [0.05, 0.1) is 0 Å². The number of aromatic amines is 1. The normalized spacial score (nSPS) is 21.0. The largest absolute Gasteiger partial charge is 0.346 e. The van der Waals surface area contributed by atoms with Gasteiger partial charge in [0, 0.05) is 43.8 Å². The minimum atomic E-state index is 0.0600. The van der Waals surface area contributed by atoms with Crippen molar-refractivity contribution >= 4 is 16.9 Å². The fourth-order valence-corrected chi connectivity index (χ4v) is 3.95. The van der Waals surface area contributed by atoms with E-state index in [2.05, 4.69) is 14.9 Å². The van der Waals surface area contributed by atoms with Crippen molar-refractivity contribution in [1.82, 2.24) is 19.8 Å². The Labute approximate surface area is 136 Å². The SMILES string of the molecule is O=C(c1ccc2cc[nH]c2n1)N1CCN(C2CCCCC2)CC1. The number of aromatic nitrogens is 2. The Bertz CT molecular complexity index is 681. The van der Waals surface area contributed by atoms with Crippen LogP contribution in [-0.4, -0.2) is 57.9 Å². The zero-order valence-corrected chi connectivity index (χ0v) is 13.5. The molecule has 5 nitrogen and oxygen atoms in total. The number of piperazine rings is 1. The average molecular weight is 312 g/mol. The number of fused-ring (bicyclic) bond motifs is 1. The molecule has 1 aliphatic heterocycles. The second-order valence-electron chi connectivity index (χ2n) is 6.73. The molecule has 4 rings (SSSR count). The van der Waals surface area contributed by atoms with Gasteiger partial charge < -0.3 is 9.88 Å². The van der Waals surface area contributed by atoms with Crippen molar-refractivity contribution in [3.05, 3.63) is 30.1 Å². The number of hydrogen-bond donors (Lipinski definition) is 1. The van der Waals surface area contributed by atoms with Crippen molar-refractivity contribution in [2.24, 2.45) is 0 Å². The lowest BCUT2D eigenvalue weighted by atomic mass is 9.94. The number of nitrogens with one attached hydrogen (secondary N) is 1. The highest BCUT2D eigenvalue weighted by Gasteiger charge is 2.27. The summed E-state index contributed by atoms with van der Waals surface area (Å²) < 4.78 is 0. The summed E-state index contributed by atoms with van der Waals surface area (Å²) in [7, 11) is 0. The third kappa shape index (κ3) is 2.98. The molecule has 1 N–H and O–H groups in total. The molecule has 2 aromatic heterocycles. The Morgan fingerprint density at radius 3 is 2.61 bits per heavy atom. The fraction of sp³-hybridized carbons (Fsp3) is 0.556. The molecule has 3 heterocycles. The zero-order valence-electron chi connectivity index (χ0n) is 13.5. The lowest BCUT2D eigenvalue weighted by molar-refractivity contribution is 0.0518. The van der Waals surface area contributed by atoms with Gasteiger partial charge in [-0.3, -0.25) is 9.69 Å². The Morgan fingerprint density at radius 2 is 1.83 bits per heavy atom. The molecule has 1 aliphatic carbocycles. The number of amides is 1. The van der Waals surface area contributed by atoms with Crippen LogP contribution in [0.25, 0.3) is 11.0 Å². The van der Waals surface area contributed by atoms with Crippen molar-refractivity contribution < 1.29 is 4.79 Å². The predicted molar refractivity (Wildman–Crippen MR) is 90.4 cm³/mol. The first-order chi connectivity index (χ1) is 11.3. The second-order valence-corrected chi connectivity index (χ2v) is 6.73. The summed E-state index contributed by atoms with van der Waals surface area (Å²) in [5.74, 6) is 0.0600. The van der Waals surface area contributed by atoms with E-state index >= 15 is 0 Å². The first kappa shape index (κ1) is 14.7. The quantitative estimate of drug-likeness (QED) is 0.927. The molecular formula is C18H24N4O. The van der Waals surface area contributed by atoms with Crippen LogP contribution in [0.3, 0.4) is 0 Å². The summed E-state index contributed by atoms with van der Waals surface area (Å²) in [5, 5.41) is 1.05. The molecule has 1 saturated carbocycles. The smallest absolute Gasteiger partial charge is 0.272 e. The zero-order chi connectivity index (χ0) is 15.6. The van der Waals surface area contributed by atoms with E-state index in [4.69, 9.17) is 0 Å². The lowest BCUT2D eigenvalue weighted by Crippen LogP contribution is -2.52. The van der Waals surface area contributed by atoms with Gasteiger partial charge in [0.2, 0.25) is 0 Å². The van der Waals surface area contributed by atoms with Gasteiger partial charge in [0.15, 0.2) is 0 Å². The molecule has 1 amide bonds. The van der Waals surface area contributed by atoms with E-state index in [1.54, 1.807) is 0 Å². The Morgan fingerprint density at radius 1 is 1.04 bits per heavy atom. The molecule has 0 aromatic carbocycles. The van der Waals surface area contributed by atoms with Crippen molar-refractivity contribution in [2.75, 3.05) is 26.2 Å². The van der Waals surface area contributed by atoms with Crippen LogP contribution in [0.15, 0.2) is 24.4 Å². The van der Waals surface area contributed by atoms with Gasteiger partial charge in [0.1, 0.15) is 11.3 Å². The first-order valence-electron chi connectivity index (χ1n) is 8.79. The summed E-state index contributed by atoms with van der Waals surface area (Å²) in [5.41, 5.74) is 1.34. The van der Waals surface area contributed by atoms with Gasteiger partial charge >= 0.3 is 0 Å². The molecule has 122 valence electrons. The fourth-order valence-electron chi connectivity index (χ4n) is 3.95. The minimum absolute atomic E-state index is 0.0600. The van der Waals surface area contributed by atoms with E-state index in [-0.39, 0.29) is 5.91 Å². The number of rotatable bonds is 2. The number of H-pyrrole nitrogens is 1. The van der Waals surface area contributed by atoms with Gasteiger partial charge in [-0.25, -0.2) is 4.98 Å².